The van der Waals surface area contributed by atoms with E-state index in [0.717, 1.165) is 0 Å². The number of hydrogen-bond donors (Lipinski definition) is 1. The van der Waals surface area contributed by atoms with Crippen LogP contribution in [0.25, 0.3) is 5.69 Å². The Labute approximate surface area is 173 Å². The second-order valence-electron chi connectivity index (χ2n) is 6.31. The molecule has 0 bridgehead atoms. The van der Waals surface area contributed by atoms with Crippen molar-refractivity contribution in [3.05, 3.63) is 69.1 Å². The van der Waals surface area contributed by atoms with E-state index in [0.29, 0.717) is 29.5 Å². The van der Waals surface area contributed by atoms with E-state index in [4.69, 9.17) is 21.1 Å². The van der Waals surface area contributed by atoms with E-state index in [-0.39, 0.29) is 21.8 Å². The number of amides is 1. The number of benzene rings is 2. The van der Waals surface area contributed by atoms with Gasteiger partial charge >= 0.3 is 0 Å². The maximum atomic E-state index is 13.0. The summed E-state index contributed by atoms with van der Waals surface area (Å²) in [5.74, 6) is 0.241. The van der Waals surface area contributed by atoms with Crippen molar-refractivity contribution in [3.63, 3.8) is 0 Å². The lowest BCUT2D eigenvalue weighted by molar-refractivity contribution is 0.102. The Bertz CT molecular complexity index is 1100. The number of methoxy groups -OCH3 is 1. The Morgan fingerprint density at radius 2 is 1.90 bits per heavy atom. The highest BCUT2D eigenvalue weighted by Gasteiger charge is 2.21. The molecule has 0 saturated heterocycles. The number of anilines is 1. The van der Waals surface area contributed by atoms with E-state index in [1.54, 1.807) is 18.7 Å². The van der Waals surface area contributed by atoms with Crippen LogP contribution in [0.1, 0.15) is 23.0 Å². The van der Waals surface area contributed by atoms with Gasteiger partial charge in [0, 0.05) is 12.6 Å². The van der Waals surface area contributed by atoms with Gasteiger partial charge in [-0.05, 0) is 38.1 Å². The van der Waals surface area contributed by atoms with Gasteiger partial charge in [-0.15, -0.1) is 0 Å². The molecule has 1 N–H and O–H groups in total. The van der Waals surface area contributed by atoms with Crippen molar-refractivity contribution in [2.75, 3.05) is 19.0 Å². The molecule has 0 aliphatic carbocycles. The number of nitrogens with one attached hydrogen (secondary N) is 1. The summed E-state index contributed by atoms with van der Waals surface area (Å²) in [4.78, 5) is 25.8. The smallest absolute Gasteiger partial charge is 0.295 e. The Kier molecular flexibility index (Phi) is 5.98. The highest BCUT2D eigenvalue weighted by molar-refractivity contribution is 6.32. The minimum atomic E-state index is -0.473. The Balaban J connectivity index is 1.98. The van der Waals surface area contributed by atoms with Gasteiger partial charge in [0.1, 0.15) is 5.69 Å². The zero-order valence-corrected chi connectivity index (χ0v) is 17.4. The Morgan fingerprint density at radius 1 is 1.21 bits per heavy atom. The van der Waals surface area contributed by atoms with E-state index in [1.807, 2.05) is 37.3 Å². The predicted molar refractivity (Wildman–Crippen MR) is 113 cm³/mol. The highest BCUT2D eigenvalue weighted by atomic mass is 35.5. The van der Waals surface area contributed by atoms with Crippen LogP contribution in [-0.2, 0) is 7.05 Å². The third-order valence-electron chi connectivity index (χ3n) is 4.57. The molecule has 0 radical (unpaired) electrons. The molecule has 3 rings (SSSR count). The second kappa shape index (κ2) is 8.45. The lowest BCUT2D eigenvalue weighted by Gasteiger charge is -2.13. The van der Waals surface area contributed by atoms with Crippen LogP contribution in [-0.4, -0.2) is 29.0 Å². The van der Waals surface area contributed by atoms with Gasteiger partial charge in [0.15, 0.2) is 11.5 Å². The average molecular weight is 416 g/mol. The van der Waals surface area contributed by atoms with Crippen molar-refractivity contribution < 1.29 is 14.3 Å². The summed E-state index contributed by atoms with van der Waals surface area (Å²) >= 11 is 6.26. The predicted octanol–water partition coefficient (Wildman–Crippen LogP) is 3.80. The number of nitrogens with zero attached hydrogens (tertiary/aromatic N) is 2. The van der Waals surface area contributed by atoms with E-state index in [1.165, 1.54) is 23.9 Å². The molecule has 0 unspecified atom stereocenters. The van der Waals surface area contributed by atoms with Crippen molar-refractivity contribution in [2.24, 2.45) is 7.05 Å². The monoisotopic (exact) mass is 415 g/mol. The van der Waals surface area contributed by atoms with Crippen LogP contribution in [0.3, 0.4) is 0 Å². The third kappa shape index (κ3) is 3.86. The molecular formula is C21H22ClN3O4. The fourth-order valence-electron chi connectivity index (χ4n) is 3.03. The first-order chi connectivity index (χ1) is 13.9. The van der Waals surface area contributed by atoms with Crippen molar-refractivity contribution >= 4 is 23.2 Å². The molecule has 7 nitrogen and oxygen atoms in total. The number of carbonyl (C=O) groups is 1. The molecule has 0 aliphatic rings. The number of rotatable bonds is 6. The summed E-state index contributed by atoms with van der Waals surface area (Å²) in [5, 5.41) is 2.96. The normalized spacial score (nSPS) is 10.7. The van der Waals surface area contributed by atoms with Crippen LogP contribution < -0.4 is 20.3 Å². The highest BCUT2D eigenvalue weighted by Crippen LogP contribution is 2.36. The van der Waals surface area contributed by atoms with Gasteiger partial charge in [0.05, 0.1) is 30.1 Å². The molecular weight excluding hydrogens is 394 g/mol. The van der Waals surface area contributed by atoms with E-state index >= 15 is 0 Å². The van der Waals surface area contributed by atoms with Crippen LogP contribution in [0, 0.1) is 6.92 Å². The Hall–Kier alpha value is -3.19. The van der Waals surface area contributed by atoms with Gasteiger partial charge in [-0.25, -0.2) is 4.68 Å². The summed E-state index contributed by atoms with van der Waals surface area (Å²) in [7, 11) is 3.23. The van der Waals surface area contributed by atoms with Gasteiger partial charge in [0.25, 0.3) is 11.5 Å². The molecule has 3 aromatic rings. The van der Waals surface area contributed by atoms with Gasteiger partial charge < -0.3 is 14.8 Å². The van der Waals surface area contributed by atoms with Gasteiger partial charge in [-0.1, -0.05) is 29.8 Å². The second-order valence-corrected chi connectivity index (χ2v) is 6.72. The zero-order valence-electron chi connectivity index (χ0n) is 16.7. The van der Waals surface area contributed by atoms with E-state index in [9.17, 15) is 9.59 Å². The molecule has 0 saturated carbocycles. The van der Waals surface area contributed by atoms with Crippen LogP contribution in [0.4, 0.5) is 5.69 Å². The van der Waals surface area contributed by atoms with Crippen molar-refractivity contribution in [1.82, 2.24) is 9.36 Å². The largest absolute Gasteiger partial charge is 0.493 e. The molecule has 29 heavy (non-hydrogen) atoms. The van der Waals surface area contributed by atoms with Gasteiger partial charge in [-0.2, -0.15) is 0 Å². The zero-order chi connectivity index (χ0) is 21.1. The summed E-state index contributed by atoms with van der Waals surface area (Å²) in [5.41, 5.74) is 1.45. The molecule has 1 amide bonds. The summed E-state index contributed by atoms with van der Waals surface area (Å²) in [6.07, 6.45) is 0. The fourth-order valence-corrected chi connectivity index (χ4v) is 3.30. The van der Waals surface area contributed by atoms with Gasteiger partial charge in [0.2, 0.25) is 0 Å². The molecule has 1 heterocycles. The molecule has 0 fully saturated rings. The summed E-state index contributed by atoms with van der Waals surface area (Å²) in [6, 6.07) is 12.2. The molecule has 0 spiro atoms. The standard InChI is InChI=1S/C21H22ClN3O4/c1-5-29-19-16(22)11-14(12-17(19)28-4)20(26)23-18-13(2)24(3)25(21(18)27)15-9-7-6-8-10-15/h6-12H,5H2,1-4H3,(H,23,26). The molecule has 1 aromatic heterocycles. The Morgan fingerprint density at radius 3 is 2.52 bits per heavy atom. The lowest BCUT2D eigenvalue weighted by atomic mass is 10.1. The van der Waals surface area contributed by atoms with E-state index < -0.39 is 5.91 Å². The number of aromatic nitrogens is 2. The van der Waals surface area contributed by atoms with Crippen molar-refractivity contribution in [2.45, 2.75) is 13.8 Å². The topological polar surface area (TPSA) is 74.5 Å². The maximum Gasteiger partial charge on any atom is 0.295 e. The van der Waals surface area contributed by atoms with E-state index in [2.05, 4.69) is 5.32 Å². The van der Waals surface area contributed by atoms with Crippen molar-refractivity contribution in [1.29, 1.82) is 0 Å². The lowest BCUT2D eigenvalue weighted by Crippen LogP contribution is -2.23. The summed E-state index contributed by atoms with van der Waals surface area (Å²) < 4.78 is 14.0. The molecule has 2 aromatic carbocycles. The molecule has 0 aliphatic heterocycles. The van der Waals surface area contributed by atoms with Crippen LogP contribution in [0.15, 0.2) is 47.3 Å². The van der Waals surface area contributed by atoms with Crippen molar-refractivity contribution in [3.8, 4) is 17.2 Å². The minimum Gasteiger partial charge on any atom is -0.493 e. The average Bonchev–Trinajstić information content (AvgIpc) is 2.93. The molecule has 152 valence electrons. The number of hydrogen-bond acceptors (Lipinski definition) is 4. The maximum absolute atomic E-state index is 13.0. The SMILES string of the molecule is CCOc1c(Cl)cc(C(=O)Nc2c(C)n(C)n(-c3ccccc3)c2=O)cc1OC. The summed E-state index contributed by atoms with van der Waals surface area (Å²) in [6.45, 7) is 4.00. The number of halogens is 1. The number of carbonyl (C=O) groups excluding carboxylic acids is 1. The van der Waals surface area contributed by atoms with Crippen LogP contribution in [0.2, 0.25) is 5.02 Å². The first-order valence-electron chi connectivity index (χ1n) is 9.04. The fraction of sp³-hybridized carbons (Fsp3) is 0.238. The third-order valence-corrected chi connectivity index (χ3v) is 4.85. The van der Waals surface area contributed by atoms with Gasteiger partial charge in [-0.3, -0.25) is 14.3 Å². The first-order valence-corrected chi connectivity index (χ1v) is 9.42. The molecule has 8 heteroatoms. The van der Waals surface area contributed by atoms with Crippen LogP contribution >= 0.6 is 11.6 Å². The van der Waals surface area contributed by atoms with Crippen LogP contribution in [0.5, 0.6) is 11.5 Å². The number of para-hydroxylation sites is 1. The minimum absolute atomic E-state index is 0.199. The number of ether oxygens (including phenoxy) is 2. The first kappa shape index (κ1) is 20.5. The molecule has 0 atom stereocenters. The quantitative estimate of drug-likeness (QED) is 0.664.